The van der Waals surface area contributed by atoms with Crippen LogP contribution in [0.15, 0.2) is 41.7 Å². The fourth-order valence-electron chi connectivity index (χ4n) is 1.48. The molecule has 0 fully saturated rings. The Bertz CT molecular complexity index is 587. The molecule has 0 saturated carbocycles. The minimum absolute atomic E-state index is 0.342. The van der Waals surface area contributed by atoms with Crippen molar-refractivity contribution in [3.05, 3.63) is 42.2 Å². The molecule has 0 spiro atoms. The first kappa shape index (κ1) is 14.3. The van der Waals surface area contributed by atoms with Crippen LogP contribution in [-0.4, -0.2) is 28.8 Å². The summed E-state index contributed by atoms with van der Waals surface area (Å²) in [6.07, 6.45) is 3.38. The zero-order valence-electron chi connectivity index (χ0n) is 11.2. The molecule has 0 aliphatic rings. The summed E-state index contributed by atoms with van der Waals surface area (Å²) >= 11 is 1.51. The minimum atomic E-state index is -0.342. The van der Waals surface area contributed by atoms with Gasteiger partial charge in [-0.25, -0.2) is 14.8 Å². The maximum Gasteiger partial charge on any atom is 0.338 e. The van der Waals surface area contributed by atoms with Gasteiger partial charge in [0.05, 0.1) is 12.2 Å². The standard InChI is InChI=1S/C14H14N2O3S/c1-3-18-14(17)10-4-6-11(7-5-10)19-12-8-13(20-2)16-9-15-12/h4-9H,3H2,1-2H3. The van der Waals surface area contributed by atoms with E-state index in [0.29, 0.717) is 23.8 Å². The number of aromatic nitrogens is 2. The molecule has 0 bridgehead atoms. The van der Waals surface area contributed by atoms with Gasteiger partial charge in [0.2, 0.25) is 5.88 Å². The van der Waals surface area contributed by atoms with Crippen molar-refractivity contribution in [2.24, 2.45) is 0 Å². The van der Waals surface area contributed by atoms with E-state index in [0.717, 1.165) is 5.03 Å². The highest BCUT2D eigenvalue weighted by Crippen LogP contribution is 2.22. The van der Waals surface area contributed by atoms with Gasteiger partial charge in [-0.3, -0.25) is 0 Å². The first-order valence-corrected chi connectivity index (χ1v) is 7.26. The Labute approximate surface area is 121 Å². The number of hydrogen-bond acceptors (Lipinski definition) is 6. The first-order chi connectivity index (χ1) is 9.72. The van der Waals surface area contributed by atoms with Crippen molar-refractivity contribution >= 4 is 17.7 Å². The number of esters is 1. The second kappa shape index (κ2) is 6.91. The van der Waals surface area contributed by atoms with Crippen LogP contribution in [0, 0.1) is 0 Å². The number of thioether (sulfide) groups is 1. The van der Waals surface area contributed by atoms with Crippen LogP contribution < -0.4 is 4.74 Å². The molecule has 0 saturated heterocycles. The fourth-order valence-corrected chi connectivity index (χ4v) is 1.86. The molecule has 1 aromatic carbocycles. The van der Waals surface area contributed by atoms with Gasteiger partial charge in [0.25, 0.3) is 0 Å². The van der Waals surface area contributed by atoms with E-state index in [9.17, 15) is 4.79 Å². The highest BCUT2D eigenvalue weighted by Gasteiger charge is 2.07. The van der Waals surface area contributed by atoms with Crippen LogP contribution in [0.4, 0.5) is 0 Å². The minimum Gasteiger partial charge on any atom is -0.462 e. The summed E-state index contributed by atoms with van der Waals surface area (Å²) in [4.78, 5) is 19.6. The number of ether oxygens (including phenoxy) is 2. The van der Waals surface area contributed by atoms with Crippen molar-refractivity contribution in [2.75, 3.05) is 12.9 Å². The fraction of sp³-hybridized carbons (Fsp3) is 0.214. The highest BCUT2D eigenvalue weighted by atomic mass is 32.2. The van der Waals surface area contributed by atoms with Crippen LogP contribution in [0.25, 0.3) is 0 Å². The number of nitrogens with zero attached hydrogens (tertiary/aromatic N) is 2. The Morgan fingerprint density at radius 2 is 2.00 bits per heavy atom. The lowest BCUT2D eigenvalue weighted by molar-refractivity contribution is 0.0526. The van der Waals surface area contributed by atoms with Gasteiger partial charge in [-0.15, -0.1) is 11.8 Å². The van der Waals surface area contributed by atoms with Gasteiger partial charge >= 0.3 is 5.97 Å². The number of carbonyl (C=O) groups excluding carboxylic acids is 1. The van der Waals surface area contributed by atoms with E-state index in [1.807, 2.05) is 6.26 Å². The van der Waals surface area contributed by atoms with Gasteiger partial charge in [-0.1, -0.05) is 0 Å². The van der Waals surface area contributed by atoms with Gasteiger partial charge in [-0.2, -0.15) is 0 Å². The van der Waals surface area contributed by atoms with Crippen LogP contribution in [-0.2, 0) is 4.74 Å². The predicted molar refractivity (Wildman–Crippen MR) is 76.3 cm³/mol. The van der Waals surface area contributed by atoms with Gasteiger partial charge < -0.3 is 9.47 Å². The lowest BCUT2D eigenvalue weighted by Gasteiger charge is -2.06. The summed E-state index contributed by atoms with van der Waals surface area (Å²) in [5.41, 5.74) is 0.492. The number of carbonyl (C=O) groups is 1. The molecule has 1 heterocycles. The van der Waals surface area contributed by atoms with E-state index in [1.54, 1.807) is 37.3 Å². The van der Waals surface area contributed by atoms with Crippen LogP contribution in [0.5, 0.6) is 11.6 Å². The highest BCUT2D eigenvalue weighted by molar-refractivity contribution is 7.98. The second-order valence-electron chi connectivity index (χ2n) is 3.75. The molecule has 0 aliphatic heterocycles. The molecule has 0 unspecified atom stereocenters. The summed E-state index contributed by atoms with van der Waals surface area (Å²) in [5, 5.41) is 0.832. The molecule has 2 rings (SSSR count). The van der Waals surface area contributed by atoms with Crippen LogP contribution in [0.1, 0.15) is 17.3 Å². The van der Waals surface area contributed by atoms with E-state index in [-0.39, 0.29) is 5.97 Å². The average Bonchev–Trinajstić information content (AvgIpc) is 2.48. The molecule has 0 N–H and O–H groups in total. The van der Waals surface area contributed by atoms with E-state index < -0.39 is 0 Å². The Balaban J connectivity index is 2.08. The lowest BCUT2D eigenvalue weighted by atomic mass is 10.2. The summed E-state index contributed by atoms with van der Waals surface area (Å²) in [6, 6.07) is 8.47. The summed E-state index contributed by atoms with van der Waals surface area (Å²) in [5.74, 6) is 0.725. The van der Waals surface area contributed by atoms with E-state index in [4.69, 9.17) is 9.47 Å². The summed E-state index contributed by atoms with van der Waals surface area (Å²) < 4.78 is 10.5. The molecule has 0 atom stereocenters. The molecule has 0 amide bonds. The number of rotatable bonds is 5. The summed E-state index contributed by atoms with van der Waals surface area (Å²) in [7, 11) is 0. The Morgan fingerprint density at radius 1 is 1.25 bits per heavy atom. The quantitative estimate of drug-likeness (QED) is 0.479. The van der Waals surface area contributed by atoms with Crippen LogP contribution >= 0.6 is 11.8 Å². The van der Waals surface area contributed by atoms with Gasteiger partial charge in [0, 0.05) is 6.07 Å². The SMILES string of the molecule is CCOC(=O)c1ccc(Oc2cc(SC)ncn2)cc1. The Hall–Kier alpha value is -2.08. The van der Waals surface area contributed by atoms with E-state index in [1.165, 1.54) is 18.1 Å². The Morgan fingerprint density at radius 3 is 2.65 bits per heavy atom. The Kier molecular flexibility index (Phi) is 4.95. The van der Waals surface area contributed by atoms with Gasteiger partial charge in [-0.05, 0) is 37.4 Å². The monoisotopic (exact) mass is 290 g/mol. The maximum atomic E-state index is 11.5. The molecule has 104 valence electrons. The predicted octanol–water partition coefficient (Wildman–Crippen LogP) is 3.17. The topological polar surface area (TPSA) is 61.3 Å². The smallest absolute Gasteiger partial charge is 0.338 e. The molecular formula is C14H14N2O3S. The molecule has 20 heavy (non-hydrogen) atoms. The molecule has 0 radical (unpaired) electrons. The van der Waals surface area contributed by atoms with Crippen molar-refractivity contribution in [3.63, 3.8) is 0 Å². The third-order valence-corrected chi connectivity index (χ3v) is 3.06. The van der Waals surface area contributed by atoms with Crippen molar-refractivity contribution in [2.45, 2.75) is 11.9 Å². The maximum absolute atomic E-state index is 11.5. The second-order valence-corrected chi connectivity index (χ2v) is 4.57. The number of hydrogen-bond donors (Lipinski definition) is 0. The van der Waals surface area contributed by atoms with Crippen LogP contribution in [0.3, 0.4) is 0 Å². The van der Waals surface area contributed by atoms with Crippen molar-refractivity contribution in [3.8, 4) is 11.6 Å². The first-order valence-electron chi connectivity index (χ1n) is 6.04. The molecule has 1 aromatic heterocycles. The lowest BCUT2D eigenvalue weighted by Crippen LogP contribution is -2.04. The van der Waals surface area contributed by atoms with Crippen molar-refractivity contribution in [1.29, 1.82) is 0 Å². The summed E-state index contributed by atoms with van der Waals surface area (Å²) in [6.45, 7) is 2.13. The largest absolute Gasteiger partial charge is 0.462 e. The van der Waals surface area contributed by atoms with E-state index >= 15 is 0 Å². The van der Waals surface area contributed by atoms with Crippen molar-refractivity contribution < 1.29 is 14.3 Å². The van der Waals surface area contributed by atoms with Gasteiger partial charge in [0.15, 0.2) is 0 Å². The zero-order chi connectivity index (χ0) is 14.4. The molecule has 0 aliphatic carbocycles. The van der Waals surface area contributed by atoms with Crippen molar-refractivity contribution in [1.82, 2.24) is 9.97 Å². The number of benzene rings is 1. The molecule has 2 aromatic rings. The average molecular weight is 290 g/mol. The van der Waals surface area contributed by atoms with Gasteiger partial charge in [0.1, 0.15) is 17.1 Å². The zero-order valence-corrected chi connectivity index (χ0v) is 12.0. The molecule has 6 heteroatoms. The third kappa shape index (κ3) is 3.71. The third-order valence-electron chi connectivity index (χ3n) is 2.41. The molecule has 5 nitrogen and oxygen atoms in total. The normalized spacial score (nSPS) is 10.1. The van der Waals surface area contributed by atoms with E-state index in [2.05, 4.69) is 9.97 Å². The van der Waals surface area contributed by atoms with Crippen LogP contribution in [0.2, 0.25) is 0 Å². The molecular weight excluding hydrogens is 276 g/mol.